The van der Waals surface area contributed by atoms with Crippen LogP contribution >= 0.6 is 0 Å². The van der Waals surface area contributed by atoms with Crippen molar-refractivity contribution in [3.63, 3.8) is 0 Å². The topological polar surface area (TPSA) is 21.1 Å². The van der Waals surface area contributed by atoms with E-state index < -0.39 is 0 Å². The third-order valence-corrected chi connectivity index (χ3v) is 9.45. The molecule has 0 spiro atoms. The molecule has 0 saturated heterocycles. The van der Waals surface area contributed by atoms with E-state index in [0.717, 1.165) is 39.6 Å². The summed E-state index contributed by atoms with van der Waals surface area (Å²) in [5.74, 6) is 0. The van der Waals surface area contributed by atoms with Gasteiger partial charge in [0.2, 0.25) is 0 Å². The van der Waals surface area contributed by atoms with Crippen LogP contribution in [0.1, 0.15) is 0 Å². The minimum absolute atomic E-state index is 0.969. The Morgan fingerprint density at radius 1 is 0.360 bits per heavy atom. The number of fused-ring (bicyclic) bond motifs is 3. The molecule has 0 aliphatic heterocycles. The molecule has 3 heteroatoms. The Morgan fingerprint density at radius 3 is 1.52 bits per heavy atom. The van der Waals surface area contributed by atoms with Crippen molar-refractivity contribution in [1.82, 2.24) is 9.55 Å². The highest BCUT2D eigenvalue weighted by Crippen LogP contribution is 2.39. The molecule has 3 nitrogen and oxygen atoms in total. The molecular formula is C47H33N3. The molecule has 0 bridgehead atoms. The molecule has 0 aliphatic carbocycles. The monoisotopic (exact) mass is 639 g/mol. The van der Waals surface area contributed by atoms with Crippen LogP contribution in [0.3, 0.4) is 0 Å². The van der Waals surface area contributed by atoms with Crippen molar-refractivity contribution in [2.24, 2.45) is 0 Å². The number of para-hydroxylation sites is 3. The Hall–Kier alpha value is -6.71. The zero-order valence-corrected chi connectivity index (χ0v) is 27.4. The normalized spacial score (nSPS) is 11.2. The van der Waals surface area contributed by atoms with Crippen molar-refractivity contribution in [1.29, 1.82) is 0 Å². The van der Waals surface area contributed by atoms with Gasteiger partial charge in [-0.05, 0) is 83.4 Å². The van der Waals surface area contributed by atoms with Crippen LogP contribution in [0.4, 0.5) is 17.1 Å². The summed E-state index contributed by atoms with van der Waals surface area (Å²) in [7, 11) is 0. The summed E-state index contributed by atoms with van der Waals surface area (Å²) in [6.07, 6.45) is 1.95. The molecule has 0 saturated carbocycles. The third-order valence-electron chi connectivity index (χ3n) is 9.45. The summed E-state index contributed by atoms with van der Waals surface area (Å²) in [4.78, 5) is 7.08. The van der Waals surface area contributed by atoms with Crippen LogP contribution in [0.2, 0.25) is 0 Å². The van der Waals surface area contributed by atoms with Gasteiger partial charge in [0.1, 0.15) is 0 Å². The highest BCUT2D eigenvalue weighted by molar-refractivity contribution is 6.10. The molecule has 0 atom stereocenters. The van der Waals surface area contributed by atoms with Crippen LogP contribution in [0.15, 0.2) is 200 Å². The maximum Gasteiger partial charge on any atom is 0.0702 e. The van der Waals surface area contributed by atoms with Gasteiger partial charge in [0.25, 0.3) is 0 Å². The van der Waals surface area contributed by atoms with Crippen LogP contribution in [-0.4, -0.2) is 9.55 Å². The Kier molecular flexibility index (Phi) is 7.49. The number of anilines is 3. The van der Waals surface area contributed by atoms with E-state index in [-0.39, 0.29) is 0 Å². The minimum atomic E-state index is 0.969. The first-order valence-electron chi connectivity index (χ1n) is 17.0. The van der Waals surface area contributed by atoms with Crippen molar-refractivity contribution in [2.45, 2.75) is 0 Å². The Bertz CT molecular complexity index is 2500. The predicted molar refractivity (Wildman–Crippen MR) is 210 cm³/mol. The number of aromatic nitrogens is 2. The molecule has 50 heavy (non-hydrogen) atoms. The molecule has 9 aromatic rings. The number of hydrogen-bond acceptors (Lipinski definition) is 2. The van der Waals surface area contributed by atoms with Gasteiger partial charge < -0.3 is 9.47 Å². The fourth-order valence-electron chi connectivity index (χ4n) is 6.98. The maximum absolute atomic E-state index is 4.76. The zero-order chi connectivity index (χ0) is 33.3. The third kappa shape index (κ3) is 5.41. The van der Waals surface area contributed by atoms with E-state index in [1.54, 1.807) is 0 Å². The van der Waals surface area contributed by atoms with Gasteiger partial charge in [0.15, 0.2) is 0 Å². The highest BCUT2D eigenvalue weighted by atomic mass is 15.1. The summed E-state index contributed by atoms with van der Waals surface area (Å²) in [5.41, 5.74) is 13.6. The first kappa shape index (κ1) is 29.4. The van der Waals surface area contributed by atoms with Crippen LogP contribution in [-0.2, 0) is 0 Å². The van der Waals surface area contributed by atoms with Gasteiger partial charge in [-0.15, -0.1) is 0 Å². The first-order chi connectivity index (χ1) is 24.8. The summed E-state index contributed by atoms with van der Waals surface area (Å²) < 4.78 is 2.38. The summed E-state index contributed by atoms with van der Waals surface area (Å²) in [6.45, 7) is 0. The molecule has 9 rings (SSSR count). The smallest absolute Gasteiger partial charge is 0.0702 e. The lowest BCUT2D eigenvalue weighted by atomic mass is 10.0. The van der Waals surface area contributed by atoms with E-state index in [9.17, 15) is 0 Å². The quantitative estimate of drug-likeness (QED) is 0.173. The lowest BCUT2D eigenvalue weighted by Crippen LogP contribution is -2.09. The molecule has 2 heterocycles. The van der Waals surface area contributed by atoms with Crippen LogP contribution < -0.4 is 4.90 Å². The number of nitrogens with zero attached hydrogens (tertiary/aromatic N) is 3. The van der Waals surface area contributed by atoms with Gasteiger partial charge >= 0.3 is 0 Å². The second kappa shape index (κ2) is 12.7. The van der Waals surface area contributed by atoms with E-state index in [1.807, 2.05) is 12.3 Å². The summed E-state index contributed by atoms with van der Waals surface area (Å²) >= 11 is 0. The van der Waals surface area contributed by atoms with Gasteiger partial charge in [0, 0.05) is 50.8 Å². The van der Waals surface area contributed by atoms with Crippen molar-refractivity contribution in [3.8, 4) is 39.2 Å². The molecular weight excluding hydrogens is 607 g/mol. The number of hydrogen-bond donors (Lipinski definition) is 0. The fraction of sp³-hybridized carbons (Fsp3) is 0. The van der Waals surface area contributed by atoms with Crippen molar-refractivity contribution in [2.75, 3.05) is 4.90 Å². The molecule has 0 unspecified atom stereocenters. The van der Waals surface area contributed by atoms with Gasteiger partial charge in [-0.3, -0.25) is 4.98 Å². The van der Waals surface area contributed by atoms with E-state index >= 15 is 0 Å². The number of benzene rings is 7. The van der Waals surface area contributed by atoms with Crippen molar-refractivity contribution < 1.29 is 0 Å². The lowest BCUT2D eigenvalue weighted by Gasteiger charge is -2.25. The Balaban J connectivity index is 1.04. The molecule has 0 amide bonds. The molecule has 2 aromatic heterocycles. The highest BCUT2D eigenvalue weighted by Gasteiger charge is 2.17. The summed E-state index contributed by atoms with van der Waals surface area (Å²) in [5, 5.41) is 2.45. The predicted octanol–water partition coefficient (Wildman–Crippen LogP) is 12.6. The second-order valence-corrected chi connectivity index (χ2v) is 12.5. The summed E-state index contributed by atoms with van der Waals surface area (Å²) in [6, 6.07) is 68.9. The Labute approximate surface area is 292 Å². The number of rotatable bonds is 7. The second-order valence-electron chi connectivity index (χ2n) is 12.5. The lowest BCUT2D eigenvalue weighted by molar-refractivity contribution is 1.18. The SMILES string of the molecule is c1ccc(-c2ccc(-c3ccc(-c4ccc(-n5c6ccccc6c6cc(N(c7ccccc7)c7ccccc7)ccc65)cc4)cc3)nc2)cc1. The molecule has 0 radical (unpaired) electrons. The van der Waals surface area contributed by atoms with Gasteiger partial charge in [-0.25, -0.2) is 0 Å². The molecule has 236 valence electrons. The van der Waals surface area contributed by atoms with E-state index in [0.29, 0.717) is 0 Å². The van der Waals surface area contributed by atoms with Gasteiger partial charge in [-0.2, -0.15) is 0 Å². The van der Waals surface area contributed by atoms with Crippen molar-refractivity contribution >= 4 is 38.9 Å². The first-order valence-corrected chi connectivity index (χ1v) is 17.0. The molecule has 0 N–H and O–H groups in total. The van der Waals surface area contributed by atoms with Crippen LogP contribution in [0, 0.1) is 0 Å². The molecule has 0 fully saturated rings. The van der Waals surface area contributed by atoms with Crippen molar-refractivity contribution in [3.05, 3.63) is 200 Å². The van der Waals surface area contributed by atoms with E-state index in [4.69, 9.17) is 4.98 Å². The van der Waals surface area contributed by atoms with Gasteiger partial charge in [-0.1, -0.05) is 127 Å². The van der Waals surface area contributed by atoms with Gasteiger partial charge in [0.05, 0.1) is 16.7 Å². The standard InChI is InChI=1S/C47H33N3/c1-4-12-34(13-5-1)38-26-30-45(48-33-38)37-22-20-35(21-23-37)36-24-27-41(28-25-36)50-46-19-11-10-18-43(46)44-32-42(29-31-47(44)50)49(39-14-6-2-7-15-39)40-16-8-3-9-17-40/h1-33H. The molecule has 0 aliphatic rings. The van der Waals surface area contributed by atoms with Crippen LogP contribution in [0.5, 0.6) is 0 Å². The zero-order valence-electron chi connectivity index (χ0n) is 27.4. The average molecular weight is 640 g/mol. The largest absolute Gasteiger partial charge is 0.310 e. The molecule has 7 aromatic carbocycles. The van der Waals surface area contributed by atoms with Crippen LogP contribution in [0.25, 0.3) is 61.0 Å². The number of pyridine rings is 1. The maximum atomic E-state index is 4.76. The Morgan fingerprint density at radius 2 is 0.880 bits per heavy atom. The van der Waals surface area contributed by atoms with E-state index in [1.165, 1.54) is 38.5 Å². The fourth-order valence-corrected chi connectivity index (χ4v) is 6.98. The average Bonchev–Trinajstić information content (AvgIpc) is 3.53. The van der Waals surface area contributed by atoms with E-state index in [2.05, 4.69) is 198 Å². The minimum Gasteiger partial charge on any atom is -0.310 e.